The van der Waals surface area contributed by atoms with Crippen LogP contribution in [0.4, 0.5) is 5.69 Å². The summed E-state index contributed by atoms with van der Waals surface area (Å²) in [5.74, 6) is -0.431. The third-order valence-corrected chi connectivity index (χ3v) is 7.04. The summed E-state index contributed by atoms with van der Waals surface area (Å²) in [4.78, 5) is 32.9. The number of carbonyl (C=O) groups is 2. The fourth-order valence-corrected chi connectivity index (χ4v) is 5.17. The summed E-state index contributed by atoms with van der Waals surface area (Å²) in [5, 5.41) is 4.13. The molecule has 3 aromatic carbocycles. The van der Waals surface area contributed by atoms with Crippen molar-refractivity contribution in [1.82, 2.24) is 9.88 Å². The average Bonchev–Trinajstić information content (AvgIpc) is 3.32. The van der Waals surface area contributed by atoms with Crippen LogP contribution in [0.15, 0.2) is 79.0 Å². The van der Waals surface area contributed by atoms with E-state index in [1.807, 2.05) is 72.9 Å². The van der Waals surface area contributed by atoms with Gasteiger partial charge in [0, 0.05) is 47.6 Å². The normalized spacial score (nSPS) is 17.4. The van der Waals surface area contributed by atoms with Crippen LogP contribution in [-0.4, -0.2) is 42.0 Å². The van der Waals surface area contributed by atoms with E-state index in [2.05, 4.69) is 24.1 Å². The Balaban J connectivity index is 1.62. The largest absolute Gasteiger partial charge is 0.383 e. The molecule has 184 valence electrons. The van der Waals surface area contributed by atoms with E-state index in [1.54, 1.807) is 18.1 Å². The number of anilines is 1. The molecular weight excluding hydrogens is 450 g/mol. The molecule has 0 saturated carbocycles. The first-order chi connectivity index (χ1) is 17.5. The summed E-state index contributed by atoms with van der Waals surface area (Å²) in [5.41, 5.74) is 5.13. The van der Waals surface area contributed by atoms with Gasteiger partial charge in [0.15, 0.2) is 0 Å². The van der Waals surface area contributed by atoms with Crippen molar-refractivity contribution in [2.75, 3.05) is 25.6 Å². The molecule has 2 atom stereocenters. The number of ether oxygens (including phenoxy) is 1. The Bertz CT molecular complexity index is 1390. The number of nitrogens with zero attached hydrogens (tertiary/aromatic N) is 1. The summed E-state index contributed by atoms with van der Waals surface area (Å²) >= 11 is 0. The van der Waals surface area contributed by atoms with Crippen molar-refractivity contribution in [2.45, 2.75) is 31.7 Å². The van der Waals surface area contributed by atoms with Crippen LogP contribution in [0, 0.1) is 0 Å². The number of amides is 2. The Morgan fingerprint density at radius 1 is 1.00 bits per heavy atom. The lowest BCUT2D eigenvalue weighted by Crippen LogP contribution is -2.47. The van der Waals surface area contributed by atoms with E-state index in [-0.39, 0.29) is 11.8 Å². The number of hydrogen-bond donors (Lipinski definition) is 2. The predicted molar refractivity (Wildman–Crippen MR) is 142 cm³/mol. The molecule has 5 rings (SSSR count). The summed E-state index contributed by atoms with van der Waals surface area (Å²) in [6.45, 7) is 5.03. The number of aromatic nitrogens is 1. The Labute approximate surface area is 211 Å². The highest BCUT2D eigenvalue weighted by molar-refractivity contribution is 6.05. The minimum atomic E-state index is -0.597. The molecule has 2 N–H and O–H groups in total. The highest BCUT2D eigenvalue weighted by atomic mass is 16.5. The number of H-pyrrole nitrogens is 1. The predicted octanol–water partition coefficient (Wildman–Crippen LogP) is 5.86. The first-order valence-electron chi connectivity index (χ1n) is 12.3. The number of aromatic amines is 1. The number of nitrogens with one attached hydrogen (secondary N) is 2. The fourth-order valence-electron chi connectivity index (χ4n) is 5.17. The number of methoxy groups -OCH3 is 1. The van der Waals surface area contributed by atoms with Crippen LogP contribution in [0.25, 0.3) is 10.9 Å². The first kappa shape index (κ1) is 23.8. The Kier molecular flexibility index (Phi) is 6.61. The molecule has 1 aliphatic rings. The van der Waals surface area contributed by atoms with Crippen molar-refractivity contribution in [2.24, 2.45) is 0 Å². The molecule has 0 radical (unpaired) electrons. The van der Waals surface area contributed by atoms with E-state index in [0.29, 0.717) is 24.6 Å². The molecule has 2 amide bonds. The minimum absolute atomic E-state index is 0.0942. The van der Waals surface area contributed by atoms with Crippen LogP contribution < -0.4 is 5.32 Å². The minimum Gasteiger partial charge on any atom is -0.383 e. The first-order valence-corrected chi connectivity index (χ1v) is 12.3. The van der Waals surface area contributed by atoms with Crippen LogP contribution >= 0.6 is 0 Å². The SMILES string of the molecule is COCCN1C(=O)c2ccccc2[C@@H](C(=O)Nc2ccc(C(C)C)cc2)[C@H]1c1c[nH]c2ccccc12. The van der Waals surface area contributed by atoms with Gasteiger partial charge in [-0.3, -0.25) is 9.59 Å². The number of carbonyl (C=O) groups excluding carboxylic acids is 2. The van der Waals surface area contributed by atoms with Gasteiger partial charge in [0.25, 0.3) is 5.91 Å². The number of fused-ring (bicyclic) bond motifs is 2. The van der Waals surface area contributed by atoms with Crippen LogP contribution in [0.5, 0.6) is 0 Å². The lowest BCUT2D eigenvalue weighted by Gasteiger charge is -2.41. The van der Waals surface area contributed by atoms with Crippen LogP contribution in [0.3, 0.4) is 0 Å². The Morgan fingerprint density at radius 3 is 2.47 bits per heavy atom. The molecule has 0 aliphatic carbocycles. The second-order valence-electron chi connectivity index (χ2n) is 9.56. The fraction of sp³-hybridized carbons (Fsp3) is 0.267. The van der Waals surface area contributed by atoms with Crippen LogP contribution in [0.1, 0.15) is 58.8 Å². The zero-order valence-electron chi connectivity index (χ0n) is 20.8. The molecule has 0 unspecified atom stereocenters. The molecule has 4 aromatic rings. The monoisotopic (exact) mass is 481 g/mol. The summed E-state index contributed by atoms with van der Waals surface area (Å²) in [7, 11) is 1.62. The maximum atomic E-state index is 14.0. The third kappa shape index (κ3) is 4.29. The van der Waals surface area contributed by atoms with Gasteiger partial charge < -0.3 is 19.9 Å². The lowest BCUT2D eigenvalue weighted by atomic mass is 9.79. The molecule has 0 bridgehead atoms. The smallest absolute Gasteiger partial charge is 0.254 e. The summed E-state index contributed by atoms with van der Waals surface area (Å²) in [6.07, 6.45) is 1.92. The molecule has 1 aromatic heterocycles. The second-order valence-corrected chi connectivity index (χ2v) is 9.56. The van der Waals surface area contributed by atoms with Gasteiger partial charge in [0.05, 0.1) is 18.6 Å². The molecule has 6 heteroatoms. The zero-order chi connectivity index (χ0) is 25.2. The number of para-hydroxylation sites is 1. The van der Waals surface area contributed by atoms with Gasteiger partial charge in [-0.2, -0.15) is 0 Å². The van der Waals surface area contributed by atoms with Crippen molar-refractivity contribution >= 4 is 28.4 Å². The van der Waals surface area contributed by atoms with E-state index >= 15 is 0 Å². The van der Waals surface area contributed by atoms with E-state index in [1.165, 1.54) is 5.56 Å². The number of rotatable bonds is 7. The molecule has 2 heterocycles. The quantitative estimate of drug-likeness (QED) is 0.347. The van der Waals surface area contributed by atoms with E-state index in [0.717, 1.165) is 27.7 Å². The highest BCUT2D eigenvalue weighted by Gasteiger charge is 2.44. The lowest BCUT2D eigenvalue weighted by molar-refractivity contribution is -0.119. The van der Waals surface area contributed by atoms with Gasteiger partial charge in [-0.15, -0.1) is 0 Å². The van der Waals surface area contributed by atoms with Crippen molar-refractivity contribution in [1.29, 1.82) is 0 Å². The average molecular weight is 482 g/mol. The maximum absolute atomic E-state index is 14.0. The number of hydrogen-bond acceptors (Lipinski definition) is 3. The van der Waals surface area contributed by atoms with E-state index in [9.17, 15) is 9.59 Å². The molecular formula is C30H31N3O3. The van der Waals surface area contributed by atoms with E-state index in [4.69, 9.17) is 4.74 Å². The molecule has 36 heavy (non-hydrogen) atoms. The molecule has 0 spiro atoms. The Morgan fingerprint density at radius 2 is 1.72 bits per heavy atom. The Hall–Kier alpha value is -3.90. The summed E-state index contributed by atoms with van der Waals surface area (Å²) < 4.78 is 5.35. The molecule has 6 nitrogen and oxygen atoms in total. The maximum Gasteiger partial charge on any atom is 0.254 e. The van der Waals surface area contributed by atoms with Crippen molar-refractivity contribution < 1.29 is 14.3 Å². The second kappa shape index (κ2) is 9.99. The topological polar surface area (TPSA) is 74.4 Å². The summed E-state index contributed by atoms with van der Waals surface area (Å²) in [6, 6.07) is 22.9. The van der Waals surface area contributed by atoms with Gasteiger partial charge in [-0.25, -0.2) is 0 Å². The van der Waals surface area contributed by atoms with Crippen LogP contribution in [0.2, 0.25) is 0 Å². The standard InChI is InChI=1S/C30H31N3O3/c1-19(2)20-12-14-21(15-13-20)32-29(34)27-23-9-4-5-10-24(23)30(35)33(16-17-36-3)28(27)25-18-31-26-11-7-6-8-22(25)26/h4-15,18-19,27-28,31H,16-17H2,1-3H3,(H,32,34)/t27-,28-/m1/s1. The van der Waals surface area contributed by atoms with Gasteiger partial charge in [-0.1, -0.05) is 62.4 Å². The van der Waals surface area contributed by atoms with E-state index < -0.39 is 12.0 Å². The molecule has 0 fully saturated rings. The van der Waals surface area contributed by atoms with Crippen molar-refractivity contribution in [3.05, 3.63) is 101 Å². The third-order valence-electron chi connectivity index (χ3n) is 7.04. The zero-order valence-corrected chi connectivity index (χ0v) is 20.8. The molecule has 0 saturated heterocycles. The number of benzene rings is 3. The van der Waals surface area contributed by atoms with Crippen molar-refractivity contribution in [3.63, 3.8) is 0 Å². The van der Waals surface area contributed by atoms with Crippen LogP contribution in [-0.2, 0) is 9.53 Å². The van der Waals surface area contributed by atoms with Gasteiger partial charge >= 0.3 is 0 Å². The highest BCUT2D eigenvalue weighted by Crippen LogP contribution is 2.45. The molecule has 1 aliphatic heterocycles. The van der Waals surface area contributed by atoms with Gasteiger partial charge in [0.1, 0.15) is 0 Å². The van der Waals surface area contributed by atoms with Crippen molar-refractivity contribution in [3.8, 4) is 0 Å². The van der Waals surface area contributed by atoms with Gasteiger partial charge in [0.2, 0.25) is 5.91 Å². The van der Waals surface area contributed by atoms with Gasteiger partial charge in [-0.05, 0) is 41.3 Å².